The smallest absolute Gasteiger partial charge is 0.235 e. The van der Waals surface area contributed by atoms with E-state index in [1.54, 1.807) is 24.3 Å². The van der Waals surface area contributed by atoms with E-state index in [-0.39, 0.29) is 10.0 Å². The van der Waals surface area contributed by atoms with Crippen LogP contribution in [-0.4, -0.2) is 10.9 Å². The lowest BCUT2D eigenvalue weighted by atomic mass is 10.1. The van der Waals surface area contributed by atoms with Crippen molar-refractivity contribution >= 4 is 55.3 Å². The molecule has 0 spiro atoms. The average molecular weight is 445 g/mol. The fourth-order valence-corrected chi connectivity index (χ4v) is 3.12. The molecule has 0 fully saturated rings. The van der Waals surface area contributed by atoms with Gasteiger partial charge in [-0.25, -0.2) is 0 Å². The molecule has 0 aliphatic carbocycles. The summed E-state index contributed by atoms with van der Waals surface area (Å²) in [4.78, 5) is 24.1. The van der Waals surface area contributed by atoms with Gasteiger partial charge >= 0.3 is 0 Å². The Labute approximate surface area is 148 Å². The van der Waals surface area contributed by atoms with Crippen molar-refractivity contribution in [3.8, 4) is 5.75 Å². The lowest BCUT2D eigenvalue weighted by Gasteiger charge is -1.98. The Hall–Kier alpha value is -1.43. The number of ketones is 1. The van der Waals surface area contributed by atoms with Crippen LogP contribution in [0.1, 0.15) is 15.9 Å². The number of carbonyl (C=O) groups excluding carboxylic acids is 1. The summed E-state index contributed by atoms with van der Waals surface area (Å²) < 4.78 is 0.650. The van der Waals surface area contributed by atoms with Crippen molar-refractivity contribution < 1.29 is 9.90 Å². The molecule has 0 amide bonds. The third-order valence-corrected chi connectivity index (χ3v) is 4.21. The summed E-state index contributed by atoms with van der Waals surface area (Å²) in [6.45, 7) is 0. The average Bonchev–Trinajstić information content (AvgIpc) is 2.58. The molecule has 112 valence electrons. The van der Waals surface area contributed by atoms with Gasteiger partial charge in [-0.3, -0.25) is 9.59 Å². The van der Waals surface area contributed by atoms with Crippen LogP contribution >= 0.6 is 43.5 Å². The summed E-state index contributed by atoms with van der Waals surface area (Å²) in [6.07, 6.45) is 2.79. The van der Waals surface area contributed by atoms with Crippen molar-refractivity contribution in [2.24, 2.45) is 0 Å². The quantitative estimate of drug-likeness (QED) is 0.545. The molecular formula is C16H9Br2ClO3. The Morgan fingerprint density at radius 2 is 1.86 bits per heavy atom. The van der Waals surface area contributed by atoms with Gasteiger partial charge in [0.2, 0.25) is 5.43 Å². The third-order valence-electron chi connectivity index (χ3n) is 2.82. The van der Waals surface area contributed by atoms with E-state index in [0.717, 1.165) is 0 Å². The maximum Gasteiger partial charge on any atom is 0.235 e. The maximum absolute atomic E-state index is 12.2. The first kappa shape index (κ1) is 16.9. The molecule has 0 aliphatic rings. The first-order valence-corrected chi connectivity index (χ1v) is 8.06. The molecule has 0 aromatic heterocycles. The van der Waals surface area contributed by atoms with E-state index in [1.807, 2.05) is 0 Å². The topological polar surface area (TPSA) is 54.4 Å². The van der Waals surface area contributed by atoms with Crippen molar-refractivity contribution in [2.75, 3.05) is 0 Å². The predicted octanol–water partition coefficient (Wildman–Crippen LogP) is 4.83. The highest BCUT2D eigenvalue weighted by Gasteiger charge is 2.13. The molecule has 6 heteroatoms. The first-order valence-electron chi connectivity index (χ1n) is 6.09. The number of halogens is 3. The summed E-state index contributed by atoms with van der Waals surface area (Å²) in [5.74, 6) is -1.11. The summed E-state index contributed by atoms with van der Waals surface area (Å²) in [5, 5.41) is 10.4. The summed E-state index contributed by atoms with van der Waals surface area (Å²) in [5.41, 5.74) is -0.0778. The monoisotopic (exact) mass is 442 g/mol. The number of allylic oxidation sites excluding steroid dienone is 1. The zero-order valence-electron chi connectivity index (χ0n) is 11.0. The molecular weight excluding hydrogens is 435 g/mol. The van der Waals surface area contributed by atoms with Crippen LogP contribution in [0.4, 0.5) is 0 Å². The van der Waals surface area contributed by atoms with Gasteiger partial charge in [-0.2, -0.15) is 0 Å². The highest BCUT2D eigenvalue weighted by molar-refractivity contribution is 9.11. The molecule has 0 unspecified atom stereocenters. The molecule has 0 atom stereocenters. The largest absolute Gasteiger partial charge is 0.504 e. The van der Waals surface area contributed by atoms with Gasteiger partial charge in [0, 0.05) is 9.50 Å². The highest BCUT2D eigenvalue weighted by atomic mass is 79.9. The molecule has 1 N–H and O–H groups in total. The van der Waals surface area contributed by atoms with Crippen molar-refractivity contribution in [3.05, 3.63) is 77.8 Å². The summed E-state index contributed by atoms with van der Waals surface area (Å²) in [7, 11) is 0. The SMILES string of the molecule is O=C(C=Cc1ccccc1Cl)c1cc(Br)cc(Br)c(=O)c1O. The zero-order valence-corrected chi connectivity index (χ0v) is 14.9. The minimum absolute atomic E-state index is 0.0918. The van der Waals surface area contributed by atoms with Crippen LogP contribution in [0.25, 0.3) is 6.08 Å². The van der Waals surface area contributed by atoms with Gasteiger partial charge in [-0.15, -0.1) is 0 Å². The Morgan fingerprint density at radius 1 is 1.18 bits per heavy atom. The number of hydrogen-bond donors (Lipinski definition) is 1. The number of hydrogen-bond acceptors (Lipinski definition) is 3. The molecule has 22 heavy (non-hydrogen) atoms. The maximum atomic E-state index is 12.2. The van der Waals surface area contributed by atoms with Gasteiger partial charge in [-0.05, 0) is 51.8 Å². The summed E-state index contributed by atoms with van der Waals surface area (Å²) in [6, 6.07) is 9.89. The van der Waals surface area contributed by atoms with Crippen LogP contribution in [0.3, 0.4) is 0 Å². The van der Waals surface area contributed by atoms with Crippen LogP contribution in [0, 0.1) is 0 Å². The van der Waals surface area contributed by atoms with Gasteiger partial charge in [0.1, 0.15) is 0 Å². The fraction of sp³-hybridized carbons (Fsp3) is 0. The fourth-order valence-electron chi connectivity index (χ4n) is 1.72. The summed E-state index contributed by atoms with van der Waals surface area (Å²) >= 11 is 12.3. The van der Waals surface area contributed by atoms with Gasteiger partial charge in [-0.1, -0.05) is 45.7 Å². The second-order valence-corrected chi connectivity index (χ2v) is 6.51. The minimum atomic E-state index is -0.653. The third kappa shape index (κ3) is 3.85. The normalized spacial score (nSPS) is 10.9. The van der Waals surface area contributed by atoms with E-state index in [2.05, 4.69) is 31.9 Å². The molecule has 0 bridgehead atoms. The van der Waals surface area contributed by atoms with Gasteiger partial charge in [0.25, 0.3) is 0 Å². The number of aromatic hydroxyl groups is 1. The Kier molecular flexibility index (Phi) is 5.56. The van der Waals surface area contributed by atoms with Crippen LogP contribution in [0.5, 0.6) is 5.75 Å². The first-order chi connectivity index (χ1) is 10.4. The Morgan fingerprint density at radius 3 is 2.55 bits per heavy atom. The molecule has 0 heterocycles. The molecule has 0 radical (unpaired) electrons. The second-order valence-electron chi connectivity index (χ2n) is 4.33. The van der Waals surface area contributed by atoms with Crippen LogP contribution < -0.4 is 5.43 Å². The Balaban J connectivity index is 2.46. The molecule has 2 rings (SSSR count). The highest BCUT2D eigenvalue weighted by Crippen LogP contribution is 2.22. The second kappa shape index (κ2) is 7.22. The number of carbonyl (C=O) groups is 1. The van der Waals surface area contributed by atoms with Crippen molar-refractivity contribution in [3.63, 3.8) is 0 Å². The van der Waals surface area contributed by atoms with E-state index in [0.29, 0.717) is 15.1 Å². The zero-order chi connectivity index (χ0) is 16.3. The minimum Gasteiger partial charge on any atom is -0.504 e. The van der Waals surface area contributed by atoms with Crippen LogP contribution in [-0.2, 0) is 0 Å². The van der Waals surface area contributed by atoms with Crippen molar-refractivity contribution in [1.82, 2.24) is 0 Å². The Bertz CT molecular complexity index is 832. The number of rotatable bonds is 3. The van der Waals surface area contributed by atoms with Crippen molar-refractivity contribution in [1.29, 1.82) is 0 Å². The van der Waals surface area contributed by atoms with Crippen molar-refractivity contribution in [2.45, 2.75) is 0 Å². The molecule has 2 aromatic rings. The van der Waals surface area contributed by atoms with Gasteiger partial charge in [0.15, 0.2) is 11.5 Å². The van der Waals surface area contributed by atoms with E-state index in [4.69, 9.17) is 11.6 Å². The molecule has 2 aromatic carbocycles. The van der Waals surface area contributed by atoms with Crippen LogP contribution in [0.2, 0.25) is 5.02 Å². The lowest BCUT2D eigenvalue weighted by Crippen LogP contribution is -2.03. The molecule has 0 saturated heterocycles. The van der Waals surface area contributed by atoms with Crippen LogP contribution in [0.15, 0.2) is 56.2 Å². The molecule has 3 nitrogen and oxygen atoms in total. The standard InChI is InChI=1S/C16H9Br2ClO3/c17-10-7-11(15(21)16(22)12(18)8-10)14(20)6-5-9-3-1-2-4-13(9)19/h1-8H,(H,21,22). The van der Waals surface area contributed by atoms with Gasteiger partial charge < -0.3 is 5.11 Å². The lowest BCUT2D eigenvalue weighted by molar-refractivity contribution is 0.104. The van der Waals surface area contributed by atoms with E-state index < -0.39 is 17.0 Å². The molecule has 0 aliphatic heterocycles. The predicted molar refractivity (Wildman–Crippen MR) is 94.6 cm³/mol. The van der Waals surface area contributed by atoms with E-state index in [9.17, 15) is 14.7 Å². The van der Waals surface area contributed by atoms with Gasteiger partial charge in [0.05, 0.1) is 10.0 Å². The number of benzene rings is 1. The van der Waals surface area contributed by atoms with E-state index >= 15 is 0 Å². The van der Waals surface area contributed by atoms with E-state index in [1.165, 1.54) is 24.3 Å². The molecule has 0 saturated carbocycles.